The third-order valence-corrected chi connectivity index (χ3v) is 8.83. The molecule has 4 rings (SSSR count). The van der Waals surface area contributed by atoms with Crippen molar-refractivity contribution in [3.63, 3.8) is 0 Å². The fourth-order valence-electron chi connectivity index (χ4n) is 4.44. The highest BCUT2D eigenvalue weighted by molar-refractivity contribution is 7.89. The van der Waals surface area contributed by atoms with Gasteiger partial charge in [0.15, 0.2) is 28.2 Å². The molecule has 42 heavy (non-hydrogen) atoms. The molecule has 14 heteroatoms. The summed E-state index contributed by atoms with van der Waals surface area (Å²) in [7, 11) is -5.44. The first kappa shape index (κ1) is 31.0. The number of hydrogen-bond acceptors (Lipinski definition) is 4. The van der Waals surface area contributed by atoms with E-state index in [1.54, 1.807) is 24.3 Å². The number of hydrogen-bond donors (Lipinski definition) is 1. The van der Waals surface area contributed by atoms with E-state index in [1.807, 2.05) is 20.8 Å². The van der Waals surface area contributed by atoms with Gasteiger partial charge in [-0.3, -0.25) is 4.79 Å². The minimum absolute atomic E-state index is 0.220. The van der Waals surface area contributed by atoms with Crippen LogP contribution in [0.15, 0.2) is 47.4 Å². The molecule has 1 saturated heterocycles. The van der Waals surface area contributed by atoms with Crippen molar-refractivity contribution in [3.05, 3.63) is 94.1 Å². The van der Waals surface area contributed by atoms with E-state index in [9.17, 15) is 45.1 Å². The summed E-state index contributed by atoms with van der Waals surface area (Å²) in [6, 6.07) is 7.82. The molecule has 7 nitrogen and oxygen atoms in total. The summed E-state index contributed by atoms with van der Waals surface area (Å²) in [5.74, 6) is -16.3. The zero-order valence-corrected chi connectivity index (χ0v) is 23.2. The van der Waals surface area contributed by atoms with Crippen LogP contribution in [0.2, 0.25) is 0 Å². The molecule has 3 aromatic carbocycles. The molecule has 1 heterocycles. The number of sulfonamides is 1. The van der Waals surface area contributed by atoms with Gasteiger partial charge >= 0.3 is 5.97 Å². The van der Waals surface area contributed by atoms with Crippen molar-refractivity contribution in [1.82, 2.24) is 4.31 Å². The van der Waals surface area contributed by atoms with Crippen LogP contribution >= 0.6 is 0 Å². The fraction of sp³-hybridized carbons (Fsp3) is 0.286. The van der Waals surface area contributed by atoms with Crippen LogP contribution in [0.25, 0.3) is 0 Å². The zero-order valence-electron chi connectivity index (χ0n) is 22.4. The maximum absolute atomic E-state index is 15.2. The molecule has 0 radical (unpaired) electrons. The number of carboxylic acid groups (broad SMARTS) is 1. The highest BCUT2D eigenvalue weighted by Crippen LogP contribution is 2.35. The Morgan fingerprint density at radius 1 is 0.905 bits per heavy atom. The number of carbonyl (C=O) groups is 2. The summed E-state index contributed by atoms with van der Waals surface area (Å²) in [6.45, 7) is 5.06. The molecule has 1 aliphatic heterocycles. The Morgan fingerprint density at radius 3 is 1.90 bits per heavy atom. The van der Waals surface area contributed by atoms with Gasteiger partial charge in [-0.2, -0.15) is 4.31 Å². The number of aromatic carboxylic acids is 1. The lowest BCUT2D eigenvalue weighted by molar-refractivity contribution is -0.125. The summed E-state index contributed by atoms with van der Waals surface area (Å²) in [5.41, 5.74) is 0.312. The molecule has 0 unspecified atom stereocenters. The summed E-state index contributed by atoms with van der Waals surface area (Å²) in [5, 5.41) is 9.18. The third-order valence-electron chi connectivity index (χ3n) is 6.90. The first-order valence-corrected chi connectivity index (χ1v) is 13.9. The Bertz CT molecular complexity index is 1660. The summed E-state index contributed by atoms with van der Waals surface area (Å²) in [6.07, 6.45) is -0.220. The molecule has 1 fully saturated rings. The first-order chi connectivity index (χ1) is 19.5. The second kappa shape index (κ2) is 11.1. The molecule has 1 aliphatic rings. The fourth-order valence-corrected chi connectivity index (χ4v) is 6.18. The van der Waals surface area contributed by atoms with Gasteiger partial charge in [-0.25, -0.2) is 39.6 Å². The van der Waals surface area contributed by atoms with Gasteiger partial charge in [0, 0.05) is 6.54 Å². The second-order valence-corrected chi connectivity index (χ2v) is 12.5. The Labute approximate surface area is 237 Å². The molecule has 0 bridgehead atoms. The standard InChI is InChI=1S/C28H24F6N2O5S/c1-28(2,3)16-7-4-14(5-8-16)13-35(18-9-6-15(27(38)39)12-17(18)29)26(37)19-10-11-36(19)42(40,41)25-23(33)21(31)20(30)22(32)24(25)34/h4-9,12,19H,10-11,13H2,1-3H3,(H,38,39)/t19-/m1/s1. The number of amides is 1. The number of rotatable bonds is 7. The Kier molecular flexibility index (Phi) is 8.17. The van der Waals surface area contributed by atoms with Crippen LogP contribution in [-0.4, -0.2) is 42.3 Å². The van der Waals surface area contributed by atoms with Gasteiger partial charge in [-0.05, 0) is 41.2 Å². The van der Waals surface area contributed by atoms with E-state index in [0.717, 1.165) is 22.6 Å². The Hall–Kier alpha value is -3.91. The molecule has 1 atom stereocenters. The van der Waals surface area contributed by atoms with Crippen LogP contribution in [0.4, 0.5) is 32.0 Å². The predicted molar refractivity (Wildman–Crippen MR) is 138 cm³/mol. The van der Waals surface area contributed by atoms with Crippen molar-refractivity contribution in [2.45, 2.75) is 50.1 Å². The average molecular weight is 615 g/mol. The molecular formula is C28H24F6N2O5S. The topological polar surface area (TPSA) is 95.0 Å². The average Bonchev–Trinajstić information content (AvgIpc) is 2.88. The molecule has 0 aromatic heterocycles. The summed E-state index contributed by atoms with van der Waals surface area (Å²) >= 11 is 0. The van der Waals surface area contributed by atoms with Gasteiger partial charge in [-0.15, -0.1) is 0 Å². The minimum atomic E-state index is -5.44. The molecule has 1 amide bonds. The minimum Gasteiger partial charge on any atom is -0.478 e. The molecule has 0 saturated carbocycles. The van der Waals surface area contributed by atoms with E-state index < -0.39 is 85.5 Å². The lowest BCUT2D eigenvalue weighted by Crippen LogP contribution is -2.59. The van der Waals surface area contributed by atoms with Crippen molar-refractivity contribution in [2.24, 2.45) is 0 Å². The van der Waals surface area contributed by atoms with E-state index in [2.05, 4.69) is 0 Å². The third kappa shape index (κ3) is 5.48. The van der Waals surface area contributed by atoms with Crippen LogP contribution in [-0.2, 0) is 26.8 Å². The number of anilines is 1. The van der Waals surface area contributed by atoms with Crippen LogP contribution in [0.5, 0.6) is 0 Å². The van der Waals surface area contributed by atoms with Gasteiger partial charge in [0.1, 0.15) is 11.9 Å². The largest absolute Gasteiger partial charge is 0.478 e. The summed E-state index contributed by atoms with van der Waals surface area (Å²) < 4.78 is 112. The van der Waals surface area contributed by atoms with Gasteiger partial charge in [0.05, 0.1) is 17.8 Å². The maximum atomic E-state index is 15.2. The Balaban J connectivity index is 1.75. The van der Waals surface area contributed by atoms with E-state index in [1.165, 1.54) is 0 Å². The molecular weight excluding hydrogens is 590 g/mol. The van der Waals surface area contributed by atoms with Crippen molar-refractivity contribution in [1.29, 1.82) is 0 Å². The quantitative estimate of drug-likeness (QED) is 0.215. The smallest absolute Gasteiger partial charge is 0.335 e. The van der Waals surface area contributed by atoms with Gasteiger partial charge < -0.3 is 10.0 Å². The van der Waals surface area contributed by atoms with Crippen LogP contribution in [0.1, 0.15) is 48.7 Å². The van der Waals surface area contributed by atoms with Gasteiger partial charge in [0.25, 0.3) is 0 Å². The number of carbonyl (C=O) groups excluding carboxylic acids is 1. The molecule has 224 valence electrons. The summed E-state index contributed by atoms with van der Waals surface area (Å²) in [4.78, 5) is 23.7. The molecule has 3 aromatic rings. The maximum Gasteiger partial charge on any atom is 0.335 e. The van der Waals surface area contributed by atoms with Crippen LogP contribution in [0, 0.1) is 34.9 Å². The van der Waals surface area contributed by atoms with E-state index in [4.69, 9.17) is 0 Å². The van der Waals surface area contributed by atoms with Gasteiger partial charge in [0.2, 0.25) is 21.7 Å². The van der Waals surface area contributed by atoms with Crippen molar-refractivity contribution in [2.75, 3.05) is 11.4 Å². The second-order valence-electron chi connectivity index (χ2n) is 10.7. The van der Waals surface area contributed by atoms with E-state index in [-0.39, 0.29) is 22.7 Å². The number of halogens is 6. The highest BCUT2D eigenvalue weighted by Gasteiger charge is 2.48. The lowest BCUT2D eigenvalue weighted by atomic mass is 9.86. The number of benzene rings is 3. The molecule has 0 aliphatic carbocycles. The zero-order chi connectivity index (χ0) is 31.3. The van der Waals surface area contributed by atoms with Gasteiger partial charge in [-0.1, -0.05) is 45.0 Å². The van der Waals surface area contributed by atoms with Crippen LogP contribution in [0.3, 0.4) is 0 Å². The number of nitrogens with zero attached hydrogens (tertiary/aromatic N) is 2. The SMILES string of the molecule is CC(C)(C)c1ccc(CN(C(=O)[C@H]2CCN2S(=O)(=O)c2c(F)c(F)c(F)c(F)c2F)c2ccc(C(=O)O)cc2F)cc1. The van der Waals surface area contributed by atoms with Crippen molar-refractivity contribution < 1.29 is 49.5 Å². The monoisotopic (exact) mass is 614 g/mol. The lowest BCUT2D eigenvalue weighted by Gasteiger charge is -2.41. The first-order valence-electron chi connectivity index (χ1n) is 12.4. The van der Waals surface area contributed by atoms with Crippen molar-refractivity contribution >= 4 is 27.6 Å². The van der Waals surface area contributed by atoms with E-state index in [0.29, 0.717) is 11.6 Å². The van der Waals surface area contributed by atoms with E-state index >= 15 is 4.39 Å². The Morgan fingerprint density at radius 2 is 1.45 bits per heavy atom. The van der Waals surface area contributed by atoms with Crippen LogP contribution < -0.4 is 4.90 Å². The number of carboxylic acids is 1. The van der Waals surface area contributed by atoms with Crippen molar-refractivity contribution in [3.8, 4) is 0 Å². The highest BCUT2D eigenvalue weighted by atomic mass is 32.2. The molecule has 0 spiro atoms. The predicted octanol–water partition coefficient (Wildman–Crippen LogP) is 5.51. The molecule has 1 N–H and O–H groups in total. The normalized spacial score (nSPS) is 15.8.